The highest BCUT2D eigenvalue weighted by Crippen LogP contribution is 2.42. The van der Waals surface area contributed by atoms with Crippen molar-refractivity contribution in [3.05, 3.63) is 35.2 Å². The van der Waals surface area contributed by atoms with Crippen LogP contribution in [0.3, 0.4) is 0 Å². The predicted octanol–water partition coefficient (Wildman–Crippen LogP) is 4.56. The molecule has 0 radical (unpaired) electrons. The zero-order valence-electron chi connectivity index (χ0n) is 11.1. The Hall–Kier alpha value is -0.160. The molecule has 4 atom stereocenters. The van der Waals surface area contributed by atoms with Crippen LogP contribution in [0.4, 0.5) is 0 Å². The molecule has 4 unspecified atom stereocenters. The van der Waals surface area contributed by atoms with Crippen LogP contribution in [0.5, 0.6) is 0 Å². The summed E-state index contributed by atoms with van der Waals surface area (Å²) in [5, 5.41) is 15.7. The second-order valence-corrected chi connectivity index (χ2v) is 9.00. The minimum absolute atomic E-state index is 0.309. The summed E-state index contributed by atoms with van der Waals surface area (Å²) in [6.07, 6.45) is -0.352. The van der Waals surface area contributed by atoms with E-state index < -0.39 is 0 Å². The minimum atomic E-state index is -0.352. The standard InChI is InChI=1S/C15H18OS3/c1-9-10(2)19-13(8-18-9)14(16)12-5-3-4-11-6-7-17-15(11)12/h3-7,9-10,13-14,16H,8H2,1-2H3. The normalized spacial score (nSPS) is 29.5. The molecular formula is C15H18OS3. The summed E-state index contributed by atoms with van der Waals surface area (Å²) in [5.74, 6) is 1.04. The maximum Gasteiger partial charge on any atom is 0.0930 e. The maximum atomic E-state index is 10.7. The Labute approximate surface area is 126 Å². The van der Waals surface area contributed by atoms with E-state index in [9.17, 15) is 5.11 Å². The van der Waals surface area contributed by atoms with Crippen molar-refractivity contribution in [3.8, 4) is 0 Å². The quantitative estimate of drug-likeness (QED) is 0.878. The maximum absolute atomic E-state index is 10.7. The topological polar surface area (TPSA) is 20.2 Å². The van der Waals surface area contributed by atoms with E-state index in [-0.39, 0.29) is 6.10 Å². The fourth-order valence-corrected chi connectivity index (χ4v) is 6.36. The largest absolute Gasteiger partial charge is 0.387 e. The first-order valence-corrected chi connectivity index (χ1v) is 9.45. The van der Waals surface area contributed by atoms with Crippen molar-refractivity contribution in [1.29, 1.82) is 0 Å². The number of aliphatic hydroxyl groups is 1. The van der Waals surface area contributed by atoms with Gasteiger partial charge in [-0.05, 0) is 22.4 Å². The average molecular weight is 311 g/mol. The molecule has 102 valence electrons. The SMILES string of the molecule is CC1SCC(C(O)c2cccc3ccsc23)SC1C. The molecule has 1 fully saturated rings. The third kappa shape index (κ3) is 2.68. The van der Waals surface area contributed by atoms with E-state index >= 15 is 0 Å². The zero-order chi connectivity index (χ0) is 13.4. The Balaban J connectivity index is 1.87. The number of thioether (sulfide) groups is 2. The van der Waals surface area contributed by atoms with Crippen LogP contribution in [0.25, 0.3) is 10.1 Å². The number of hydrogen-bond donors (Lipinski definition) is 1. The summed E-state index contributed by atoms with van der Waals surface area (Å²) < 4.78 is 1.24. The molecule has 3 rings (SSSR count). The lowest BCUT2D eigenvalue weighted by molar-refractivity contribution is 0.182. The summed E-state index contributed by atoms with van der Waals surface area (Å²) in [6, 6.07) is 8.39. The average Bonchev–Trinajstić information content (AvgIpc) is 2.89. The zero-order valence-corrected chi connectivity index (χ0v) is 13.5. The van der Waals surface area contributed by atoms with Crippen molar-refractivity contribution in [2.24, 2.45) is 0 Å². The van der Waals surface area contributed by atoms with E-state index in [1.807, 2.05) is 23.5 Å². The molecular weight excluding hydrogens is 292 g/mol. The number of thiophene rings is 1. The van der Waals surface area contributed by atoms with Crippen molar-refractivity contribution >= 4 is 44.9 Å². The highest BCUT2D eigenvalue weighted by molar-refractivity contribution is 8.07. The van der Waals surface area contributed by atoms with Crippen LogP contribution in [0.15, 0.2) is 29.6 Å². The van der Waals surface area contributed by atoms with Crippen molar-refractivity contribution < 1.29 is 5.11 Å². The van der Waals surface area contributed by atoms with Gasteiger partial charge >= 0.3 is 0 Å². The fourth-order valence-electron chi connectivity index (χ4n) is 2.42. The van der Waals surface area contributed by atoms with E-state index in [1.54, 1.807) is 11.3 Å². The van der Waals surface area contributed by atoms with E-state index in [0.29, 0.717) is 15.7 Å². The molecule has 2 aromatic rings. The first-order valence-electron chi connectivity index (χ1n) is 6.58. The fraction of sp³-hybridized carbons (Fsp3) is 0.467. The first kappa shape index (κ1) is 13.8. The van der Waals surface area contributed by atoms with Gasteiger partial charge in [-0.25, -0.2) is 0 Å². The van der Waals surface area contributed by atoms with Crippen molar-refractivity contribution in [3.63, 3.8) is 0 Å². The number of aliphatic hydroxyl groups excluding tert-OH is 1. The van der Waals surface area contributed by atoms with Crippen molar-refractivity contribution in [1.82, 2.24) is 0 Å². The van der Waals surface area contributed by atoms with Gasteiger partial charge in [0.2, 0.25) is 0 Å². The van der Waals surface area contributed by atoms with E-state index in [1.165, 1.54) is 10.1 Å². The Bertz CT molecular complexity index is 565. The summed E-state index contributed by atoms with van der Waals surface area (Å²) in [6.45, 7) is 4.55. The van der Waals surface area contributed by atoms with Gasteiger partial charge in [0, 0.05) is 26.2 Å². The van der Waals surface area contributed by atoms with E-state index in [0.717, 1.165) is 11.3 Å². The van der Waals surface area contributed by atoms with Gasteiger partial charge in [-0.1, -0.05) is 32.0 Å². The van der Waals surface area contributed by atoms with E-state index in [2.05, 4.69) is 43.5 Å². The molecule has 1 nitrogen and oxygen atoms in total. The summed E-state index contributed by atoms with van der Waals surface area (Å²) in [7, 11) is 0. The highest BCUT2D eigenvalue weighted by Gasteiger charge is 2.31. The molecule has 0 spiro atoms. The first-order chi connectivity index (χ1) is 9.16. The molecule has 2 heterocycles. The molecule has 0 bridgehead atoms. The smallest absolute Gasteiger partial charge is 0.0930 e. The monoisotopic (exact) mass is 310 g/mol. The molecule has 0 amide bonds. The van der Waals surface area contributed by atoms with Gasteiger partial charge in [0.05, 0.1) is 6.10 Å². The van der Waals surface area contributed by atoms with Gasteiger partial charge in [-0.15, -0.1) is 11.3 Å². The third-order valence-corrected chi connectivity index (χ3v) is 8.21. The molecule has 0 aliphatic carbocycles. The number of hydrogen-bond acceptors (Lipinski definition) is 4. The molecule has 1 aliphatic heterocycles. The summed E-state index contributed by atoms with van der Waals surface area (Å²) in [5.41, 5.74) is 1.10. The van der Waals surface area contributed by atoms with Crippen molar-refractivity contribution in [2.75, 3.05) is 5.75 Å². The second-order valence-electron chi connectivity index (χ2n) is 5.05. The van der Waals surface area contributed by atoms with Crippen LogP contribution >= 0.6 is 34.9 Å². The van der Waals surface area contributed by atoms with Crippen LogP contribution in [-0.2, 0) is 0 Å². The molecule has 1 saturated heterocycles. The molecule has 1 aromatic carbocycles. The van der Waals surface area contributed by atoms with Gasteiger partial charge < -0.3 is 5.11 Å². The molecule has 1 aliphatic rings. The lowest BCUT2D eigenvalue weighted by atomic mass is 10.1. The van der Waals surface area contributed by atoms with Gasteiger partial charge in [-0.2, -0.15) is 23.5 Å². The lowest BCUT2D eigenvalue weighted by Crippen LogP contribution is -2.30. The second kappa shape index (κ2) is 5.68. The van der Waals surface area contributed by atoms with Gasteiger partial charge in [0.15, 0.2) is 0 Å². The Morgan fingerprint density at radius 3 is 2.84 bits per heavy atom. The Morgan fingerprint density at radius 2 is 2.05 bits per heavy atom. The number of benzene rings is 1. The van der Waals surface area contributed by atoms with Crippen molar-refractivity contribution in [2.45, 2.75) is 35.7 Å². The Kier molecular flexibility index (Phi) is 4.13. The van der Waals surface area contributed by atoms with Crippen LogP contribution in [0.2, 0.25) is 0 Å². The van der Waals surface area contributed by atoms with Gasteiger partial charge in [-0.3, -0.25) is 0 Å². The molecule has 1 N–H and O–H groups in total. The predicted molar refractivity (Wildman–Crippen MR) is 89.5 cm³/mol. The third-order valence-electron chi connectivity index (χ3n) is 3.75. The lowest BCUT2D eigenvalue weighted by Gasteiger charge is -2.34. The molecule has 4 heteroatoms. The Morgan fingerprint density at radius 1 is 1.21 bits per heavy atom. The van der Waals surface area contributed by atoms with Gasteiger partial charge in [0.1, 0.15) is 0 Å². The van der Waals surface area contributed by atoms with Crippen LogP contribution in [-0.4, -0.2) is 26.6 Å². The van der Waals surface area contributed by atoms with Gasteiger partial charge in [0.25, 0.3) is 0 Å². The number of fused-ring (bicyclic) bond motifs is 1. The minimum Gasteiger partial charge on any atom is -0.387 e. The van der Waals surface area contributed by atoms with Crippen LogP contribution in [0.1, 0.15) is 25.5 Å². The highest BCUT2D eigenvalue weighted by atomic mass is 32.2. The molecule has 1 aromatic heterocycles. The van der Waals surface area contributed by atoms with Crippen LogP contribution < -0.4 is 0 Å². The summed E-state index contributed by atoms with van der Waals surface area (Å²) in [4.78, 5) is 0. The molecule has 0 saturated carbocycles. The summed E-state index contributed by atoms with van der Waals surface area (Å²) >= 11 is 5.66. The van der Waals surface area contributed by atoms with E-state index in [4.69, 9.17) is 0 Å². The van der Waals surface area contributed by atoms with Crippen LogP contribution in [0, 0.1) is 0 Å². The number of rotatable bonds is 2. The molecule has 19 heavy (non-hydrogen) atoms.